The lowest BCUT2D eigenvalue weighted by Crippen LogP contribution is -2.30. The lowest BCUT2D eigenvalue weighted by atomic mass is 10.3. The van der Waals surface area contributed by atoms with Gasteiger partial charge in [-0.15, -0.1) is 0 Å². The van der Waals surface area contributed by atoms with Crippen molar-refractivity contribution in [2.45, 2.75) is 20.1 Å². The van der Waals surface area contributed by atoms with Gasteiger partial charge in [0.2, 0.25) is 0 Å². The van der Waals surface area contributed by atoms with Gasteiger partial charge in [0.1, 0.15) is 10.6 Å². The molecule has 2 heterocycles. The van der Waals surface area contributed by atoms with E-state index < -0.39 is 12.2 Å². The number of hydrogen-bond acceptors (Lipinski definition) is 7. The number of aromatic nitrogens is 1. The normalized spacial score (nSPS) is 17.9. The SMILES string of the molecule is CCOC(=O)c1sc(N2C=CC(OC)=CC2O)nc1C. The zero-order valence-electron chi connectivity index (χ0n) is 11.5. The van der Waals surface area contributed by atoms with Gasteiger partial charge in [0.05, 0.1) is 19.4 Å². The Kier molecular flexibility index (Phi) is 4.41. The first-order valence-corrected chi connectivity index (χ1v) is 6.93. The average Bonchev–Trinajstić information content (AvgIpc) is 2.80. The van der Waals surface area contributed by atoms with E-state index in [1.807, 2.05) is 0 Å². The quantitative estimate of drug-likeness (QED) is 0.854. The molecule has 1 aromatic heterocycles. The standard InChI is InChI=1S/C13H16N2O4S/c1-4-19-12(17)11-8(2)14-13(20-11)15-6-5-9(18-3)7-10(15)16/h5-7,10,16H,4H2,1-3H3. The lowest BCUT2D eigenvalue weighted by molar-refractivity contribution is 0.0531. The van der Waals surface area contributed by atoms with Crippen molar-refractivity contribution in [1.29, 1.82) is 0 Å². The van der Waals surface area contributed by atoms with Crippen LogP contribution >= 0.6 is 11.3 Å². The second kappa shape index (κ2) is 6.06. The molecule has 0 aliphatic carbocycles. The van der Waals surface area contributed by atoms with Gasteiger partial charge < -0.3 is 14.6 Å². The topological polar surface area (TPSA) is 71.9 Å². The number of esters is 1. The highest BCUT2D eigenvalue weighted by molar-refractivity contribution is 7.17. The predicted octanol–water partition coefficient (Wildman–Crippen LogP) is 1.81. The zero-order valence-corrected chi connectivity index (χ0v) is 12.3. The van der Waals surface area contributed by atoms with Crippen LogP contribution in [0.2, 0.25) is 0 Å². The average molecular weight is 296 g/mol. The van der Waals surface area contributed by atoms with Crippen LogP contribution in [0.4, 0.5) is 5.13 Å². The molecule has 0 radical (unpaired) electrons. The smallest absolute Gasteiger partial charge is 0.350 e. The summed E-state index contributed by atoms with van der Waals surface area (Å²) >= 11 is 1.19. The highest BCUT2D eigenvalue weighted by atomic mass is 32.1. The molecule has 1 aliphatic rings. The third-order valence-corrected chi connectivity index (χ3v) is 3.85. The van der Waals surface area contributed by atoms with Gasteiger partial charge in [-0.2, -0.15) is 0 Å². The van der Waals surface area contributed by atoms with Crippen molar-refractivity contribution in [2.75, 3.05) is 18.6 Å². The van der Waals surface area contributed by atoms with Crippen molar-refractivity contribution >= 4 is 22.4 Å². The summed E-state index contributed by atoms with van der Waals surface area (Å²) in [4.78, 5) is 18.1. The molecule has 1 aromatic rings. The summed E-state index contributed by atoms with van der Waals surface area (Å²) in [5.74, 6) is 0.185. The molecular formula is C13H16N2O4S. The van der Waals surface area contributed by atoms with Crippen molar-refractivity contribution in [3.05, 3.63) is 34.7 Å². The number of aliphatic hydroxyl groups excluding tert-OH is 1. The Morgan fingerprint density at radius 2 is 2.35 bits per heavy atom. The Morgan fingerprint density at radius 3 is 2.95 bits per heavy atom. The van der Waals surface area contributed by atoms with Crippen LogP contribution in [0, 0.1) is 6.92 Å². The van der Waals surface area contributed by atoms with Gasteiger partial charge in [-0.3, -0.25) is 4.90 Å². The molecule has 0 amide bonds. The van der Waals surface area contributed by atoms with Gasteiger partial charge in [0.15, 0.2) is 11.4 Å². The summed E-state index contributed by atoms with van der Waals surface area (Å²) in [5, 5.41) is 10.6. The van der Waals surface area contributed by atoms with Crippen LogP contribution in [0.15, 0.2) is 24.1 Å². The minimum Gasteiger partial charge on any atom is -0.497 e. The minimum absolute atomic E-state index is 0.317. The predicted molar refractivity (Wildman–Crippen MR) is 75.5 cm³/mol. The molecule has 0 saturated carbocycles. The molecule has 6 nitrogen and oxygen atoms in total. The Morgan fingerprint density at radius 1 is 1.60 bits per heavy atom. The largest absolute Gasteiger partial charge is 0.497 e. The third-order valence-electron chi connectivity index (χ3n) is 2.70. The van der Waals surface area contributed by atoms with E-state index in [1.165, 1.54) is 18.4 Å². The molecule has 108 valence electrons. The number of aryl methyl sites for hydroxylation is 1. The first-order valence-electron chi connectivity index (χ1n) is 6.11. The monoisotopic (exact) mass is 296 g/mol. The molecule has 1 atom stereocenters. The van der Waals surface area contributed by atoms with Gasteiger partial charge in [-0.05, 0) is 19.9 Å². The van der Waals surface area contributed by atoms with Crippen LogP contribution in [0.1, 0.15) is 22.3 Å². The molecule has 0 saturated heterocycles. The van der Waals surface area contributed by atoms with Crippen LogP contribution in [-0.2, 0) is 9.47 Å². The number of carbonyl (C=O) groups is 1. The molecule has 0 aromatic carbocycles. The number of thiazole rings is 1. The van der Waals surface area contributed by atoms with Gasteiger partial charge >= 0.3 is 5.97 Å². The van der Waals surface area contributed by atoms with Crippen LogP contribution in [0.3, 0.4) is 0 Å². The summed E-state index contributed by atoms with van der Waals surface area (Å²) in [6.07, 6.45) is 4.06. The van der Waals surface area contributed by atoms with Gasteiger partial charge in [0.25, 0.3) is 0 Å². The highest BCUT2D eigenvalue weighted by Gasteiger charge is 2.23. The molecule has 1 aliphatic heterocycles. The van der Waals surface area contributed by atoms with Crippen molar-refractivity contribution in [2.24, 2.45) is 0 Å². The fourth-order valence-electron chi connectivity index (χ4n) is 1.72. The number of allylic oxidation sites excluding steroid dienone is 1. The van der Waals surface area contributed by atoms with Crippen LogP contribution in [0.25, 0.3) is 0 Å². The fraction of sp³-hybridized carbons (Fsp3) is 0.385. The van der Waals surface area contributed by atoms with Gasteiger partial charge in [0, 0.05) is 12.3 Å². The second-order valence-electron chi connectivity index (χ2n) is 4.04. The summed E-state index contributed by atoms with van der Waals surface area (Å²) in [6, 6.07) is 0. The Hall–Kier alpha value is -1.86. The Bertz CT molecular complexity index is 565. The summed E-state index contributed by atoms with van der Waals surface area (Å²) in [6.45, 7) is 3.81. The maximum absolute atomic E-state index is 11.8. The van der Waals surface area contributed by atoms with Crippen molar-refractivity contribution in [3.63, 3.8) is 0 Å². The van der Waals surface area contributed by atoms with E-state index in [0.717, 1.165) is 0 Å². The highest BCUT2D eigenvalue weighted by Crippen LogP contribution is 2.30. The van der Waals surface area contributed by atoms with Crippen molar-refractivity contribution in [3.8, 4) is 0 Å². The fourth-order valence-corrected chi connectivity index (χ4v) is 2.69. The summed E-state index contributed by atoms with van der Waals surface area (Å²) < 4.78 is 10.0. The molecule has 1 unspecified atom stereocenters. The molecule has 7 heteroatoms. The summed E-state index contributed by atoms with van der Waals surface area (Å²) in [7, 11) is 1.53. The second-order valence-corrected chi connectivity index (χ2v) is 5.02. The van der Waals surface area contributed by atoms with Crippen LogP contribution < -0.4 is 4.90 Å². The molecular weight excluding hydrogens is 280 g/mol. The van der Waals surface area contributed by atoms with E-state index >= 15 is 0 Å². The molecule has 0 spiro atoms. The number of ether oxygens (including phenoxy) is 2. The first-order chi connectivity index (χ1) is 9.56. The van der Waals surface area contributed by atoms with E-state index in [9.17, 15) is 9.90 Å². The Balaban J connectivity index is 2.23. The number of hydrogen-bond donors (Lipinski definition) is 1. The maximum atomic E-state index is 11.8. The van der Waals surface area contributed by atoms with Crippen molar-refractivity contribution in [1.82, 2.24) is 4.98 Å². The Labute approximate surface area is 120 Å². The first kappa shape index (κ1) is 14.5. The number of anilines is 1. The maximum Gasteiger partial charge on any atom is 0.350 e. The minimum atomic E-state index is -0.879. The van der Waals surface area contributed by atoms with Gasteiger partial charge in [-0.25, -0.2) is 9.78 Å². The van der Waals surface area contributed by atoms with E-state index in [1.54, 1.807) is 37.1 Å². The number of methoxy groups -OCH3 is 1. The summed E-state index contributed by atoms with van der Waals surface area (Å²) in [5.41, 5.74) is 0.588. The number of rotatable bonds is 4. The molecule has 0 fully saturated rings. The van der Waals surface area contributed by atoms with Gasteiger partial charge in [-0.1, -0.05) is 11.3 Å². The number of nitrogens with zero attached hydrogens (tertiary/aromatic N) is 2. The van der Waals surface area contributed by atoms with E-state index in [2.05, 4.69) is 4.98 Å². The number of aliphatic hydroxyl groups is 1. The van der Waals surface area contributed by atoms with Crippen LogP contribution in [0.5, 0.6) is 0 Å². The van der Waals surface area contributed by atoms with E-state index in [-0.39, 0.29) is 0 Å². The molecule has 0 bridgehead atoms. The molecule has 1 N–H and O–H groups in total. The zero-order chi connectivity index (χ0) is 14.7. The van der Waals surface area contributed by atoms with Crippen LogP contribution in [-0.4, -0.2) is 36.0 Å². The third kappa shape index (κ3) is 2.83. The lowest BCUT2D eigenvalue weighted by Gasteiger charge is -2.24. The number of carbonyl (C=O) groups excluding carboxylic acids is 1. The molecule has 20 heavy (non-hydrogen) atoms. The van der Waals surface area contributed by atoms with Crippen molar-refractivity contribution < 1.29 is 19.4 Å². The van der Waals surface area contributed by atoms with E-state index in [0.29, 0.717) is 28.1 Å². The molecule has 2 rings (SSSR count). The van der Waals surface area contributed by atoms with E-state index in [4.69, 9.17) is 9.47 Å².